The normalized spacial score (nSPS) is 22.8. The third-order valence-corrected chi connectivity index (χ3v) is 5.60. The van der Waals surface area contributed by atoms with Crippen molar-refractivity contribution in [2.45, 2.75) is 24.0 Å². The lowest BCUT2D eigenvalue weighted by molar-refractivity contribution is -0.119. The summed E-state index contributed by atoms with van der Waals surface area (Å²) in [5, 5.41) is 20.9. The van der Waals surface area contributed by atoms with Gasteiger partial charge in [-0.05, 0) is 30.5 Å². The van der Waals surface area contributed by atoms with Gasteiger partial charge in [-0.25, -0.2) is 4.79 Å². The van der Waals surface area contributed by atoms with E-state index in [0.29, 0.717) is 24.2 Å². The number of phenolic OH excluding ortho intramolecular Hbond substituents is 1. The lowest BCUT2D eigenvalue weighted by Crippen LogP contribution is -2.45. The maximum Gasteiger partial charge on any atom is 0.324 e. The van der Waals surface area contributed by atoms with Crippen LogP contribution in [0.5, 0.6) is 5.75 Å². The number of carbonyl (C=O) groups excluding carboxylic acids is 2. The Labute approximate surface area is 149 Å². The second-order valence-electron chi connectivity index (χ2n) is 5.99. The van der Waals surface area contributed by atoms with Gasteiger partial charge in [0.1, 0.15) is 11.0 Å². The van der Waals surface area contributed by atoms with Crippen molar-refractivity contribution in [3.05, 3.63) is 40.4 Å². The molecule has 0 spiro atoms. The van der Waals surface area contributed by atoms with E-state index >= 15 is 0 Å². The van der Waals surface area contributed by atoms with E-state index < -0.39 is 23.1 Å². The van der Waals surface area contributed by atoms with Gasteiger partial charge in [0, 0.05) is 19.0 Å². The Hall–Kier alpha value is -2.66. The molecule has 3 rings (SSSR count). The van der Waals surface area contributed by atoms with Crippen LogP contribution in [0.2, 0.25) is 0 Å². The highest BCUT2D eigenvalue weighted by Crippen LogP contribution is 2.45. The van der Waals surface area contributed by atoms with Crippen molar-refractivity contribution >= 4 is 23.7 Å². The molecule has 7 nitrogen and oxygen atoms in total. The number of rotatable bonds is 2. The summed E-state index contributed by atoms with van der Waals surface area (Å²) in [6.07, 6.45) is 1.87. The van der Waals surface area contributed by atoms with Gasteiger partial charge in [0.2, 0.25) is 5.91 Å². The fourth-order valence-electron chi connectivity index (χ4n) is 3.10. The van der Waals surface area contributed by atoms with Crippen LogP contribution >= 0.6 is 11.8 Å². The molecule has 1 aromatic rings. The molecule has 0 radical (unpaired) electrons. The molecule has 2 atom stereocenters. The molecule has 1 fully saturated rings. The average Bonchev–Trinajstić information content (AvgIpc) is 3.23. The lowest BCUT2D eigenvalue weighted by atomic mass is 9.88. The predicted molar refractivity (Wildman–Crippen MR) is 93.4 cm³/mol. The Morgan fingerprint density at radius 3 is 2.52 bits per heavy atom. The fourth-order valence-corrected chi connectivity index (χ4v) is 4.27. The second-order valence-corrected chi connectivity index (χ2v) is 7.17. The standard InChI is InChI=1S/C17H18N4O3S/c18-9-12-13(10-3-5-11(22)6-4-10)14(25-15(12)19)16(23)20-17(24)21-7-1-2-8-21/h3-6,13-14,22H,1-2,7-8,19H2,(H,20,23,24). The summed E-state index contributed by atoms with van der Waals surface area (Å²) in [5.41, 5.74) is 6.92. The van der Waals surface area contributed by atoms with Crippen LogP contribution in [0, 0.1) is 11.3 Å². The van der Waals surface area contributed by atoms with Crippen molar-refractivity contribution in [1.29, 1.82) is 5.26 Å². The summed E-state index contributed by atoms with van der Waals surface area (Å²) in [5.74, 6) is -0.926. The number of amides is 3. The van der Waals surface area contributed by atoms with Crippen LogP contribution in [0.3, 0.4) is 0 Å². The molecule has 3 amide bonds. The zero-order valence-electron chi connectivity index (χ0n) is 13.4. The highest BCUT2D eigenvalue weighted by molar-refractivity contribution is 8.04. The molecule has 0 bridgehead atoms. The number of nitrogens with zero attached hydrogens (tertiary/aromatic N) is 2. The van der Waals surface area contributed by atoms with Gasteiger partial charge in [0.05, 0.1) is 16.7 Å². The summed E-state index contributed by atoms with van der Waals surface area (Å²) in [4.78, 5) is 26.4. The van der Waals surface area contributed by atoms with Crippen LogP contribution in [0.4, 0.5) is 4.79 Å². The number of phenols is 1. The van der Waals surface area contributed by atoms with E-state index in [1.165, 1.54) is 12.1 Å². The monoisotopic (exact) mass is 358 g/mol. The number of hydrogen-bond donors (Lipinski definition) is 3. The Balaban J connectivity index is 1.81. The number of nitriles is 1. The van der Waals surface area contributed by atoms with Crippen LogP contribution in [-0.2, 0) is 4.79 Å². The molecule has 1 aromatic carbocycles. The number of carbonyl (C=O) groups is 2. The molecular formula is C17H18N4O3S. The van der Waals surface area contributed by atoms with Crippen LogP contribution < -0.4 is 11.1 Å². The third-order valence-electron chi connectivity index (χ3n) is 4.39. The van der Waals surface area contributed by atoms with E-state index in [0.717, 1.165) is 24.6 Å². The number of likely N-dealkylation sites (tertiary alicyclic amines) is 1. The van der Waals surface area contributed by atoms with Gasteiger partial charge in [0.15, 0.2) is 0 Å². The molecule has 2 unspecified atom stereocenters. The number of hydrogen-bond acceptors (Lipinski definition) is 6. The number of nitrogens with two attached hydrogens (primary N) is 1. The largest absolute Gasteiger partial charge is 0.508 e. The van der Waals surface area contributed by atoms with E-state index in [2.05, 4.69) is 11.4 Å². The van der Waals surface area contributed by atoms with E-state index in [1.807, 2.05) is 0 Å². The van der Waals surface area contributed by atoms with Gasteiger partial charge in [-0.3, -0.25) is 10.1 Å². The Morgan fingerprint density at radius 1 is 1.28 bits per heavy atom. The molecule has 1 saturated heterocycles. The molecule has 2 aliphatic rings. The first-order valence-corrected chi connectivity index (χ1v) is 8.84. The Morgan fingerprint density at radius 2 is 1.92 bits per heavy atom. The van der Waals surface area contributed by atoms with E-state index in [1.54, 1.807) is 17.0 Å². The third kappa shape index (κ3) is 3.42. The second kappa shape index (κ2) is 7.07. The molecule has 2 heterocycles. The van der Waals surface area contributed by atoms with E-state index in [4.69, 9.17) is 5.73 Å². The van der Waals surface area contributed by atoms with Crippen LogP contribution in [-0.4, -0.2) is 40.3 Å². The highest BCUT2D eigenvalue weighted by atomic mass is 32.2. The topological polar surface area (TPSA) is 119 Å². The average molecular weight is 358 g/mol. The van der Waals surface area contributed by atoms with Gasteiger partial charge >= 0.3 is 6.03 Å². The van der Waals surface area contributed by atoms with Crippen molar-refractivity contribution in [3.8, 4) is 11.8 Å². The van der Waals surface area contributed by atoms with Gasteiger partial charge in [-0.1, -0.05) is 23.9 Å². The minimum atomic E-state index is -0.703. The van der Waals surface area contributed by atoms with E-state index in [-0.39, 0.29) is 10.8 Å². The van der Waals surface area contributed by atoms with Crippen LogP contribution in [0.25, 0.3) is 0 Å². The predicted octanol–water partition coefficient (Wildman–Crippen LogP) is 1.62. The molecule has 130 valence electrons. The number of benzene rings is 1. The van der Waals surface area contributed by atoms with E-state index in [9.17, 15) is 20.0 Å². The molecule has 0 aliphatic carbocycles. The molecule has 25 heavy (non-hydrogen) atoms. The number of aromatic hydroxyl groups is 1. The summed E-state index contributed by atoms with van der Waals surface area (Å²) < 4.78 is 0. The molecule has 0 saturated carbocycles. The molecule has 8 heteroatoms. The molecule has 2 aliphatic heterocycles. The molecule has 4 N–H and O–H groups in total. The van der Waals surface area contributed by atoms with Crippen molar-refractivity contribution in [1.82, 2.24) is 10.2 Å². The summed E-state index contributed by atoms with van der Waals surface area (Å²) in [7, 11) is 0. The van der Waals surface area contributed by atoms with Crippen molar-refractivity contribution in [2.75, 3.05) is 13.1 Å². The highest BCUT2D eigenvalue weighted by Gasteiger charge is 2.41. The number of nitrogens with one attached hydrogen (secondary N) is 1. The van der Waals surface area contributed by atoms with Gasteiger partial charge in [-0.15, -0.1) is 0 Å². The first-order valence-electron chi connectivity index (χ1n) is 7.96. The zero-order valence-corrected chi connectivity index (χ0v) is 14.3. The summed E-state index contributed by atoms with van der Waals surface area (Å²) >= 11 is 1.09. The number of urea groups is 1. The van der Waals surface area contributed by atoms with Gasteiger partial charge in [-0.2, -0.15) is 5.26 Å². The van der Waals surface area contributed by atoms with Crippen LogP contribution in [0.1, 0.15) is 24.3 Å². The zero-order chi connectivity index (χ0) is 18.0. The first kappa shape index (κ1) is 17.2. The lowest BCUT2D eigenvalue weighted by Gasteiger charge is -2.21. The smallest absolute Gasteiger partial charge is 0.324 e. The molecular weight excluding hydrogens is 340 g/mol. The van der Waals surface area contributed by atoms with Crippen molar-refractivity contribution < 1.29 is 14.7 Å². The minimum Gasteiger partial charge on any atom is -0.508 e. The number of thioether (sulfide) groups is 1. The van der Waals surface area contributed by atoms with Crippen molar-refractivity contribution in [2.24, 2.45) is 5.73 Å². The maximum atomic E-state index is 12.6. The van der Waals surface area contributed by atoms with Crippen molar-refractivity contribution in [3.63, 3.8) is 0 Å². The molecule has 0 aromatic heterocycles. The summed E-state index contributed by atoms with van der Waals surface area (Å²) in [6, 6.07) is 7.95. The minimum absolute atomic E-state index is 0.0927. The maximum absolute atomic E-state index is 12.6. The van der Waals surface area contributed by atoms with Gasteiger partial charge in [0.25, 0.3) is 0 Å². The van der Waals surface area contributed by atoms with Crippen LogP contribution in [0.15, 0.2) is 34.9 Å². The quantitative estimate of drug-likeness (QED) is 0.739. The SMILES string of the molecule is N#CC1=C(N)SC(C(=O)NC(=O)N2CCCC2)C1c1ccc(O)cc1. The number of imide groups is 1. The van der Waals surface area contributed by atoms with Gasteiger partial charge < -0.3 is 15.7 Å². The first-order chi connectivity index (χ1) is 12.0. The number of allylic oxidation sites excluding steroid dienone is 1. The Kier molecular flexibility index (Phi) is 4.86. The Bertz CT molecular complexity index is 763. The summed E-state index contributed by atoms with van der Waals surface area (Å²) in [6.45, 7) is 1.28. The fraction of sp³-hybridized carbons (Fsp3) is 0.353.